The summed E-state index contributed by atoms with van der Waals surface area (Å²) in [5.74, 6) is 1.92. The molecule has 0 radical (unpaired) electrons. The van der Waals surface area contributed by atoms with Crippen LogP contribution in [0.1, 0.15) is 0 Å². The van der Waals surface area contributed by atoms with Gasteiger partial charge in [-0.1, -0.05) is 41.9 Å². The van der Waals surface area contributed by atoms with Crippen LogP contribution in [0.15, 0.2) is 60.9 Å². The van der Waals surface area contributed by atoms with Gasteiger partial charge in [0.2, 0.25) is 0 Å². The molecule has 2 aromatic heterocycles. The van der Waals surface area contributed by atoms with E-state index in [1.54, 1.807) is 0 Å². The van der Waals surface area contributed by atoms with Crippen molar-refractivity contribution < 1.29 is 4.74 Å². The van der Waals surface area contributed by atoms with E-state index in [0.717, 1.165) is 28.0 Å². The Labute approximate surface area is 143 Å². The van der Waals surface area contributed by atoms with Crippen molar-refractivity contribution >= 4 is 28.5 Å². The van der Waals surface area contributed by atoms with Crippen molar-refractivity contribution in [3.8, 4) is 22.6 Å². The highest BCUT2D eigenvalue weighted by Crippen LogP contribution is 2.37. The summed E-state index contributed by atoms with van der Waals surface area (Å²) in [5, 5.41) is 1.20. The molecule has 0 aliphatic heterocycles. The van der Waals surface area contributed by atoms with Crippen molar-refractivity contribution in [3.05, 3.63) is 66.1 Å². The van der Waals surface area contributed by atoms with Crippen LogP contribution in [0, 0.1) is 0 Å². The largest absolute Gasteiger partial charge is 0.457 e. The Kier molecular flexibility index (Phi) is 3.55. The molecule has 5 nitrogen and oxygen atoms in total. The van der Waals surface area contributed by atoms with Crippen molar-refractivity contribution in [2.45, 2.75) is 0 Å². The number of fused-ring (bicyclic) bond motifs is 1. The summed E-state index contributed by atoms with van der Waals surface area (Å²) < 4.78 is 5.80. The Balaban J connectivity index is 1.72. The molecule has 0 unspecified atom stereocenters. The van der Waals surface area contributed by atoms with Gasteiger partial charge in [0.25, 0.3) is 0 Å². The van der Waals surface area contributed by atoms with Gasteiger partial charge in [-0.3, -0.25) is 0 Å². The van der Waals surface area contributed by atoms with Crippen LogP contribution in [0.4, 0.5) is 5.82 Å². The Bertz CT molecular complexity index is 997. The van der Waals surface area contributed by atoms with Gasteiger partial charge in [-0.15, -0.1) is 0 Å². The van der Waals surface area contributed by atoms with Gasteiger partial charge in [0.1, 0.15) is 34.4 Å². The standard InChI is InChI=1S/C18H13ClN4O/c19-16-14(15-17(20)21-10-22-18(15)23-16)11-6-8-13(9-7-11)24-12-4-2-1-3-5-12/h1-10H,(H3,20,21,22,23). The maximum Gasteiger partial charge on any atom is 0.144 e. The van der Waals surface area contributed by atoms with E-state index in [0.29, 0.717) is 16.6 Å². The van der Waals surface area contributed by atoms with E-state index >= 15 is 0 Å². The molecular weight excluding hydrogens is 324 g/mol. The monoisotopic (exact) mass is 336 g/mol. The number of nitrogens with two attached hydrogens (primary N) is 1. The summed E-state index contributed by atoms with van der Waals surface area (Å²) in [4.78, 5) is 11.2. The molecule has 6 heteroatoms. The number of anilines is 1. The quantitative estimate of drug-likeness (QED) is 0.570. The number of nitrogens with one attached hydrogen (secondary N) is 1. The van der Waals surface area contributed by atoms with Gasteiger partial charge in [0.15, 0.2) is 0 Å². The molecule has 0 atom stereocenters. The second kappa shape index (κ2) is 5.86. The number of nitrogen functional groups attached to an aromatic ring is 1. The Hall–Kier alpha value is -3.05. The van der Waals surface area contributed by atoms with Gasteiger partial charge in [-0.25, -0.2) is 9.97 Å². The molecule has 0 saturated carbocycles. The van der Waals surface area contributed by atoms with Crippen molar-refractivity contribution in [3.63, 3.8) is 0 Å². The number of H-pyrrole nitrogens is 1. The molecular formula is C18H13ClN4O. The third-order valence-electron chi connectivity index (χ3n) is 3.70. The minimum atomic E-state index is 0.391. The van der Waals surface area contributed by atoms with Gasteiger partial charge in [-0.2, -0.15) is 0 Å². The van der Waals surface area contributed by atoms with Crippen molar-refractivity contribution in [2.24, 2.45) is 0 Å². The van der Waals surface area contributed by atoms with Gasteiger partial charge < -0.3 is 15.5 Å². The minimum absolute atomic E-state index is 0.391. The summed E-state index contributed by atoms with van der Waals surface area (Å²) in [6.45, 7) is 0. The SMILES string of the molecule is Nc1ncnc2[nH]c(Cl)c(-c3ccc(Oc4ccccc4)cc3)c12. The maximum absolute atomic E-state index is 6.33. The first-order valence-electron chi connectivity index (χ1n) is 7.33. The molecule has 0 spiro atoms. The molecule has 3 N–H and O–H groups in total. The zero-order valence-corrected chi connectivity index (χ0v) is 13.3. The second-order valence-electron chi connectivity index (χ2n) is 5.24. The first-order valence-corrected chi connectivity index (χ1v) is 7.71. The third-order valence-corrected chi connectivity index (χ3v) is 3.98. The number of benzene rings is 2. The zero-order chi connectivity index (χ0) is 16.5. The van der Waals surface area contributed by atoms with Crippen LogP contribution in [0.5, 0.6) is 11.5 Å². The number of ether oxygens (including phenoxy) is 1. The van der Waals surface area contributed by atoms with Gasteiger partial charge >= 0.3 is 0 Å². The van der Waals surface area contributed by atoms with E-state index < -0.39 is 0 Å². The number of hydrogen-bond acceptors (Lipinski definition) is 4. The van der Waals surface area contributed by atoms with E-state index in [9.17, 15) is 0 Å². The lowest BCUT2D eigenvalue weighted by Gasteiger charge is -2.07. The summed E-state index contributed by atoms with van der Waals surface area (Å²) in [5.41, 5.74) is 8.30. The lowest BCUT2D eigenvalue weighted by Crippen LogP contribution is -1.92. The Morgan fingerprint density at radius 3 is 2.38 bits per heavy atom. The van der Waals surface area contributed by atoms with Crippen LogP contribution in [0.25, 0.3) is 22.2 Å². The molecule has 4 rings (SSSR count). The third kappa shape index (κ3) is 2.55. The van der Waals surface area contributed by atoms with Crippen LogP contribution in [-0.2, 0) is 0 Å². The van der Waals surface area contributed by atoms with Crippen LogP contribution < -0.4 is 10.5 Å². The summed E-state index contributed by atoms with van der Waals surface area (Å²) in [6, 6.07) is 17.2. The van der Waals surface area contributed by atoms with E-state index in [-0.39, 0.29) is 0 Å². The molecule has 118 valence electrons. The normalized spacial score (nSPS) is 10.9. The van der Waals surface area contributed by atoms with E-state index in [1.807, 2.05) is 54.6 Å². The van der Waals surface area contributed by atoms with Crippen LogP contribution in [-0.4, -0.2) is 15.0 Å². The number of para-hydroxylation sites is 1. The first kappa shape index (κ1) is 14.5. The topological polar surface area (TPSA) is 76.8 Å². The lowest BCUT2D eigenvalue weighted by molar-refractivity contribution is 0.483. The predicted octanol–water partition coefficient (Wildman–Crippen LogP) is 4.65. The fraction of sp³-hybridized carbons (Fsp3) is 0. The Morgan fingerprint density at radius 2 is 1.62 bits per heavy atom. The first-order chi connectivity index (χ1) is 11.7. The molecule has 0 fully saturated rings. The number of rotatable bonds is 3. The molecule has 24 heavy (non-hydrogen) atoms. The molecule has 0 bridgehead atoms. The highest BCUT2D eigenvalue weighted by molar-refractivity contribution is 6.34. The number of aromatic amines is 1. The summed E-state index contributed by atoms with van der Waals surface area (Å²) >= 11 is 6.33. The molecule has 0 aliphatic carbocycles. The second-order valence-corrected chi connectivity index (χ2v) is 5.61. The zero-order valence-electron chi connectivity index (χ0n) is 12.5. The highest BCUT2D eigenvalue weighted by Gasteiger charge is 2.16. The molecule has 4 aromatic rings. The summed E-state index contributed by atoms with van der Waals surface area (Å²) in [7, 11) is 0. The lowest BCUT2D eigenvalue weighted by atomic mass is 10.1. The van der Waals surface area contributed by atoms with Gasteiger partial charge in [0, 0.05) is 5.56 Å². The fourth-order valence-corrected chi connectivity index (χ4v) is 2.90. The molecule has 0 amide bonds. The summed E-state index contributed by atoms with van der Waals surface area (Å²) in [6.07, 6.45) is 1.41. The highest BCUT2D eigenvalue weighted by atomic mass is 35.5. The van der Waals surface area contributed by atoms with Gasteiger partial charge in [-0.05, 0) is 29.8 Å². The van der Waals surface area contributed by atoms with Crippen molar-refractivity contribution in [1.29, 1.82) is 0 Å². The van der Waals surface area contributed by atoms with E-state index in [4.69, 9.17) is 22.1 Å². The molecule has 2 heterocycles. The van der Waals surface area contributed by atoms with Crippen LogP contribution in [0.2, 0.25) is 5.15 Å². The molecule has 0 saturated heterocycles. The van der Waals surface area contributed by atoms with Crippen molar-refractivity contribution in [1.82, 2.24) is 15.0 Å². The maximum atomic E-state index is 6.33. The fourth-order valence-electron chi connectivity index (χ4n) is 2.60. The minimum Gasteiger partial charge on any atom is -0.457 e. The van der Waals surface area contributed by atoms with E-state index in [1.165, 1.54) is 6.33 Å². The molecule has 2 aromatic carbocycles. The van der Waals surface area contributed by atoms with Crippen LogP contribution >= 0.6 is 11.6 Å². The number of nitrogens with zero attached hydrogens (tertiary/aromatic N) is 2. The van der Waals surface area contributed by atoms with Crippen molar-refractivity contribution in [2.75, 3.05) is 5.73 Å². The smallest absolute Gasteiger partial charge is 0.144 e. The average Bonchev–Trinajstić information content (AvgIpc) is 2.94. The average molecular weight is 337 g/mol. The van der Waals surface area contributed by atoms with Gasteiger partial charge in [0.05, 0.1) is 5.39 Å². The predicted molar refractivity (Wildman–Crippen MR) is 95.3 cm³/mol. The molecule has 0 aliphatic rings. The van der Waals surface area contributed by atoms with E-state index in [2.05, 4.69) is 15.0 Å². The van der Waals surface area contributed by atoms with Crippen LogP contribution in [0.3, 0.4) is 0 Å². The number of halogens is 1. The number of aromatic nitrogens is 3. The number of hydrogen-bond donors (Lipinski definition) is 2. The Morgan fingerprint density at radius 1 is 0.917 bits per heavy atom.